The highest BCUT2D eigenvalue weighted by molar-refractivity contribution is 8.00. The Morgan fingerprint density at radius 1 is 1.30 bits per heavy atom. The first kappa shape index (κ1) is 21.2. The highest BCUT2D eigenvalue weighted by Crippen LogP contribution is 2.34. The van der Waals surface area contributed by atoms with E-state index in [2.05, 4.69) is 20.6 Å². The van der Waals surface area contributed by atoms with E-state index in [1.54, 1.807) is 11.8 Å². The molecule has 178 valence electrons. The Hall–Kier alpha value is -2.34. The van der Waals surface area contributed by atoms with E-state index in [9.17, 15) is 19.8 Å². The zero-order chi connectivity index (χ0) is 23.8. The van der Waals surface area contributed by atoms with E-state index in [-0.39, 0.29) is 36.4 Å². The van der Waals surface area contributed by atoms with E-state index in [4.69, 9.17) is 10.8 Å². The number of aliphatic hydroxyl groups is 2. The molecule has 5 rings (SSSR count). The van der Waals surface area contributed by atoms with E-state index in [0.717, 1.165) is 23.2 Å². The van der Waals surface area contributed by atoms with Gasteiger partial charge in [-0.3, -0.25) is 4.79 Å². The minimum atomic E-state index is -1.24. The number of para-hydroxylation sites is 2. The number of rotatable bonds is 8. The molecule has 1 aromatic heterocycles. The predicted octanol–water partition coefficient (Wildman–Crippen LogP) is 0.994. The summed E-state index contributed by atoms with van der Waals surface area (Å²) >= 11 is 1.77. The highest BCUT2D eigenvalue weighted by Gasteiger charge is 2.45. The number of imidazole rings is 1. The summed E-state index contributed by atoms with van der Waals surface area (Å²) in [5.41, 5.74) is 1.51. The second-order valence-corrected chi connectivity index (χ2v) is 9.86. The number of aliphatic hydroxyl groups excluding tert-OH is 2. The molecule has 0 bridgehead atoms. The SMILES string of the molecule is [2H]C(CC[C@@H]1SC[C@@H]2NC(=O)N[C@@H]21)CC(=O)OC[C@H]1OC(c2nc3ccccc3[nH]2)[C@H](O)[C@@H]1O. The van der Waals surface area contributed by atoms with Crippen molar-refractivity contribution in [1.29, 1.82) is 0 Å². The molecule has 2 amide bonds. The van der Waals surface area contributed by atoms with Gasteiger partial charge < -0.3 is 35.3 Å². The maximum Gasteiger partial charge on any atom is 0.315 e. The highest BCUT2D eigenvalue weighted by atomic mass is 32.2. The van der Waals surface area contributed by atoms with Crippen LogP contribution in [0.2, 0.25) is 0 Å². The number of aromatic amines is 1. The lowest BCUT2D eigenvalue weighted by Gasteiger charge is -2.16. The van der Waals surface area contributed by atoms with Crippen molar-refractivity contribution >= 4 is 34.8 Å². The van der Waals surface area contributed by atoms with Crippen LogP contribution in [0.3, 0.4) is 0 Å². The first-order valence-electron chi connectivity index (χ1n) is 11.7. The summed E-state index contributed by atoms with van der Waals surface area (Å²) < 4.78 is 19.2. The van der Waals surface area contributed by atoms with Crippen molar-refractivity contribution in [3.63, 3.8) is 0 Å². The van der Waals surface area contributed by atoms with Crippen molar-refractivity contribution in [2.45, 2.75) is 67.4 Å². The fraction of sp³-hybridized carbons (Fsp3) is 0.591. The molecule has 1 aromatic carbocycles. The van der Waals surface area contributed by atoms with E-state index in [1.807, 2.05) is 24.3 Å². The number of esters is 1. The van der Waals surface area contributed by atoms with Crippen LogP contribution < -0.4 is 10.6 Å². The molecular formula is C22H28N4O6S. The minimum Gasteiger partial charge on any atom is -0.463 e. The van der Waals surface area contributed by atoms with Crippen LogP contribution in [0.15, 0.2) is 24.3 Å². The number of nitrogens with one attached hydrogen (secondary N) is 3. The van der Waals surface area contributed by atoms with Gasteiger partial charge in [-0.15, -0.1) is 0 Å². The Balaban J connectivity index is 1.07. The molecule has 0 spiro atoms. The Morgan fingerprint density at radius 3 is 3.00 bits per heavy atom. The van der Waals surface area contributed by atoms with Crippen molar-refractivity contribution < 1.29 is 30.6 Å². The molecule has 2 aromatic rings. The number of thioether (sulfide) groups is 1. The molecule has 3 aliphatic heterocycles. The fourth-order valence-electron chi connectivity index (χ4n) is 4.60. The molecule has 2 unspecified atom stereocenters. The number of urea groups is 1. The third-order valence-electron chi connectivity index (χ3n) is 6.35. The molecule has 8 atom stereocenters. The topological polar surface area (TPSA) is 146 Å². The number of carbonyl (C=O) groups excluding carboxylic acids is 2. The van der Waals surface area contributed by atoms with E-state index in [0.29, 0.717) is 12.2 Å². The van der Waals surface area contributed by atoms with E-state index >= 15 is 0 Å². The summed E-state index contributed by atoms with van der Waals surface area (Å²) in [5, 5.41) is 26.8. The first-order valence-corrected chi connectivity index (χ1v) is 12.2. The third kappa shape index (κ3) is 4.68. The molecule has 11 heteroatoms. The summed E-state index contributed by atoms with van der Waals surface area (Å²) in [6, 6.07) is 7.45. The Bertz CT molecular complexity index is 1020. The number of hydrogen-bond donors (Lipinski definition) is 5. The van der Waals surface area contributed by atoms with Crippen LogP contribution in [0.25, 0.3) is 11.0 Å². The number of ether oxygens (including phenoxy) is 2. The van der Waals surface area contributed by atoms with Crippen LogP contribution in [0, 0.1) is 0 Å². The molecule has 5 N–H and O–H groups in total. The zero-order valence-electron chi connectivity index (χ0n) is 18.8. The smallest absolute Gasteiger partial charge is 0.315 e. The zero-order valence-corrected chi connectivity index (χ0v) is 18.7. The lowest BCUT2D eigenvalue weighted by Crippen LogP contribution is -2.36. The van der Waals surface area contributed by atoms with Crippen LogP contribution in [0.1, 0.15) is 39.0 Å². The van der Waals surface area contributed by atoms with Gasteiger partial charge in [-0.05, 0) is 25.0 Å². The monoisotopic (exact) mass is 477 g/mol. The third-order valence-corrected chi connectivity index (χ3v) is 7.86. The fourth-order valence-corrected chi connectivity index (χ4v) is 6.11. The first-order chi connectivity index (χ1) is 16.4. The van der Waals surface area contributed by atoms with Crippen LogP contribution in [0.4, 0.5) is 4.79 Å². The molecule has 0 radical (unpaired) electrons. The van der Waals surface area contributed by atoms with E-state index < -0.39 is 36.8 Å². The summed E-state index contributed by atoms with van der Waals surface area (Å²) in [5.74, 6) is 0.697. The van der Waals surface area contributed by atoms with Crippen LogP contribution in [0.5, 0.6) is 0 Å². The van der Waals surface area contributed by atoms with Crippen molar-refractivity contribution in [1.82, 2.24) is 20.6 Å². The van der Waals surface area contributed by atoms with Crippen molar-refractivity contribution in [2.75, 3.05) is 12.4 Å². The van der Waals surface area contributed by atoms with Crippen LogP contribution in [-0.4, -0.2) is 80.2 Å². The number of H-pyrrole nitrogens is 1. The van der Waals surface area contributed by atoms with Gasteiger partial charge in [-0.2, -0.15) is 11.8 Å². The van der Waals surface area contributed by atoms with Crippen LogP contribution >= 0.6 is 11.8 Å². The normalized spacial score (nSPS) is 34.5. The standard InChI is InChI=1S/C22H28N4O6S/c27-16(8-4-3-7-15-17-13(10-33-15)25-22(30)26-17)31-9-14-18(28)19(29)20(32-14)21-23-11-5-1-2-6-12(11)24-21/h1-2,5-6,13-15,17-20,28-29H,3-4,7-10H2,(H,23,24)(H2,25,26,30)/t13-,14+,15-,17-,18+,19+,20?/m0/s1/i4D/t4?,13-,14+,15-,17-,18+,19+,20?. The summed E-state index contributed by atoms with van der Waals surface area (Å²) in [6.07, 6.45) is -3.67. The lowest BCUT2D eigenvalue weighted by atomic mass is 10.0. The number of hydrogen-bond acceptors (Lipinski definition) is 8. The molecule has 0 saturated carbocycles. The summed E-state index contributed by atoms with van der Waals surface area (Å²) in [7, 11) is 0. The van der Waals surface area contributed by atoms with E-state index in [1.165, 1.54) is 0 Å². The molecule has 0 aliphatic carbocycles. The van der Waals surface area contributed by atoms with Gasteiger partial charge >= 0.3 is 12.0 Å². The number of amides is 2. The Morgan fingerprint density at radius 2 is 2.15 bits per heavy atom. The number of nitrogens with zero attached hydrogens (tertiary/aromatic N) is 1. The number of benzene rings is 1. The molecule has 33 heavy (non-hydrogen) atoms. The lowest BCUT2D eigenvalue weighted by molar-refractivity contribution is -0.149. The summed E-state index contributed by atoms with van der Waals surface area (Å²) in [6.45, 7) is -0.222. The maximum absolute atomic E-state index is 12.3. The minimum absolute atomic E-state index is 0.0729. The molecule has 3 fully saturated rings. The number of carbonyl (C=O) groups is 2. The quantitative estimate of drug-likeness (QED) is 0.280. The molecule has 3 aliphatic rings. The van der Waals surface area contributed by atoms with Gasteiger partial charge in [-0.25, -0.2) is 9.78 Å². The van der Waals surface area contributed by atoms with Gasteiger partial charge in [0.25, 0.3) is 0 Å². The van der Waals surface area contributed by atoms with Gasteiger partial charge in [0.1, 0.15) is 36.8 Å². The molecule has 10 nitrogen and oxygen atoms in total. The van der Waals surface area contributed by atoms with Crippen LogP contribution in [-0.2, 0) is 14.3 Å². The van der Waals surface area contributed by atoms with Gasteiger partial charge in [0.15, 0.2) is 0 Å². The average Bonchev–Trinajstić information content (AvgIpc) is 3.55. The second-order valence-electron chi connectivity index (χ2n) is 8.59. The molecular weight excluding hydrogens is 448 g/mol. The number of fused-ring (bicyclic) bond motifs is 2. The van der Waals surface area contributed by atoms with Gasteiger partial charge in [0.2, 0.25) is 0 Å². The van der Waals surface area contributed by atoms with Gasteiger partial charge in [-0.1, -0.05) is 18.6 Å². The number of aromatic nitrogens is 2. The maximum atomic E-state index is 12.3. The largest absolute Gasteiger partial charge is 0.463 e. The second kappa shape index (κ2) is 9.49. The van der Waals surface area contributed by atoms with Crippen molar-refractivity contribution in [2.24, 2.45) is 0 Å². The molecule has 4 heterocycles. The van der Waals surface area contributed by atoms with Crippen molar-refractivity contribution in [3.8, 4) is 0 Å². The Kier molecular flexibility index (Phi) is 6.10. The van der Waals surface area contributed by atoms with Crippen molar-refractivity contribution in [3.05, 3.63) is 30.1 Å². The summed E-state index contributed by atoms with van der Waals surface area (Å²) in [4.78, 5) is 31.2. The predicted molar refractivity (Wildman–Crippen MR) is 121 cm³/mol. The molecule has 3 saturated heterocycles. The van der Waals surface area contributed by atoms with Gasteiger partial charge in [0.05, 0.1) is 23.1 Å². The Labute approximate surface area is 196 Å². The average molecular weight is 478 g/mol. The van der Waals surface area contributed by atoms with Gasteiger partial charge in [0, 0.05) is 18.8 Å².